The molecule has 0 rings (SSSR count). The summed E-state index contributed by atoms with van der Waals surface area (Å²) >= 11 is 0. The number of hydrogen-bond acceptors (Lipinski definition) is 0. The Kier molecular flexibility index (Phi) is 5.44. The van der Waals surface area contributed by atoms with E-state index in [1.807, 2.05) is 6.08 Å². The van der Waals surface area contributed by atoms with Gasteiger partial charge in [0.2, 0.25) is 0 Å². The Hall–Kier alpha value is -0.850. The molecule has 0 spiro atoms. The lowest BCUT2D eigenvalue weighted by Gasteiger charge is -1.94. The molecule has 0 saturated carbocycles. The lowest BCUT2D eigenvalue weighted by molar-refractivity contribution is 0.713. The van der Waals surface area contributed by atoms with Crippen LogP contribution in [0, 0.1) is 0 Å². The summed E-state index contributed by atoms with van der Waals surface area (Å²) in [5, 5.41) is 0. The quantitative estimate of drug-likeness (QED) is 0.427. The van der Waals surface area contributed by atoms with Crippen molar-refractivity contribution in [1.29, 1.82) is 0 Å². The summed E-state index contributed by atoms with van der Waals surface area (Å²) in [7, 11) is 0. The topological polar surface area (TPSA) is 0 Å². The van der Waals surface area contributed by atoms with E-state index >= 15 is 0 Å². The molecule has 0 atom stereocenters. The van der Waals surface area contributed by atoms with Crippen LogP contribution in [-0.2, 0) is 0 Å². The maximum absolute atomic E-state index is 11.8. The zero-order valence-electron chi connectivity index (χ0n) is 7.23. The maximum atomic E-state index is 11.8. The molecular weight excluding hydrogens is 139 g/mol. The smallest absolute Gasteiger partial charge is 0.0895 e. The molecule has 0 aromatic heterocycles. The summed E-state index contributed by atoms with van der Waals surface area (Å²) in [4.78, 5) is 0. The minimum absolute atomic E-state index is 0.602. The summed E-state index contributed by atoms with van der Waals surface area (Å²) in [5.74, 6) is 0. The number of hydrogen-bond donors (Lipinski definition) is 0. The van der Waals surface area contributed by atoms with Crippen LogP contribution >= 0.6 is 0 Å². The Morgan fingerprint density at radius 2 is 2.18 bits per heavy atom. The molecule has 0 unspecified atom stereocenters. The molecule has 0 saturated heterocycles. The molecule has 0 aliphatic rings. The van der Waals surface area contributed by atoms with Crippen LogP contribution in [0.4, 0.5) is 4.39 Å². The van der Waals surface area contributed by atoms with Crippen LogP contribution < -0.4 is 0 Å². The van der Waals surface area contributed by atoms with E-state index in [4.69, 9.17) is 0 Å². The van der Waals surface area contributed by atoms with Crippen LogP contribution in [0.2, 0.25) is 0 Å². The number of allylic oxidation sites excluding steroid dienone is 4. The Balaban J connectivity index is 3.69. The van der Waals surface area contributed by atoms with Crippen LogP contribution in [0.3, 0.4) is 0 Å². The fourth-order valence-electron chi connectivity index (χ4n) is 0.592. The summed E-state index contributed by atoms with van der Waals surface area (Å²) in [6.07, 6.45) is 6.13. The third-order valence-electron chi connectivity index (χ3n) is 1.46. The minimum Gasteiger partial charge on any atom is -0.215 e. The van der Waals surface area contributed by atoms with Gasteiger partial charge in [0.1, 0.15) is 0 Å². The van der Waals surface area contributed by atoms with Gasteiger partial charge in [-0.05, 0) is 25.3 Å². The first-order valence-corrected chi connectivity index (χ1v) is 3.80. The van der Waals surface area contributed by atoms with E-state index in [0.29, 0.717) is 11.9 Å². The maximum Gasteiger partial charge on any atom is 0.0895 e. The van der Waals surface area contributed by atoms with Gasteiger partial charge in [0.15, 0.2) is 0 Å². The summed E-state index contributed by atoms with van der Waals surface area (Å²) in [5.41, 5.74) is 1.82. The highest BCUT2D eigenvalue weighted by atomic mass is 19.1. The van der Waals surface area contributed by atoms with Gasteiger partial charge in [-0.25, -0.2) is 4.39 Å². The van der Waals surface area contributed by atoms with E-state index in [2.05, 4.69) is 13.5 Å². The van der Waals surface area contributed by atoms with Crippen molar-refractivity contribution in [2.45, 2.75) is 26.7 Å². The molecule has 0 amide bonds. The number of halogens is 1. The Bertz CT molecular complexity index is 175. The average molecular weight is 154 g/mol. The van der Waals surface area contributed by atoms with Gasteiger partial charge < -0.3 is 0 Å². The van der Waals surface area contributed by atoms with Gasteiger partial charge >= 0.3 is 0 Å². The molecule has 0 aromatic rings. The zero-order valence-corrected chi connectivity index (χ0v) is 7.23. The van der Waals surface area contributed by atoms with Gasteiger partial charge in [0.25, 0.3) is 0 Å². The van der Waals surface area contributed by atoms with Crippen molar-refractivity contribution in [1.82, 2.24) is 0 Å². The second-order valence-electron chi connectivity index (χ2n) is 2.56. The summed E-state index contributed by atoms with van der Waals surface area (Å²) in [6.45, 7) is 7.62. The molecule has 11 heavy (non-hydrogen) atoms. The van der Waals surface area contributed by atoms with Crippen molar-refractivity contribution >= 4 is 0 Å². The van der Waals surface area contributed by atoms with Crippen molar-refractivity contribution in [2.75, 3.05) is 0 Å². The Morgan fingerprint density at radius 3 is 2.64 bits per heavy atom. The van der Waals surface area contributed by atoms with Gasteiger partial charge in [-0.1, -0.05) is 31.2 Å². The molecule has 0 radical (unpaired) electrons. The predicted molar refractivity (Wildman–Crippen MR) is 48.1 cm³/mol. The first kappa shape index (κ1) is 10.2. The molecule has 0 aliphatic carbocycles. The Morgan fingerprint density at radius 1 is 1.55 bits per heavy atom. The second kappa shape index (κ2) is 5.90. The second-order valence-corrected chi connectivity index (χ2v) is 2.56. The minimum atomic E-state index is 0.602. The zero-order chi connectivity index (χ0) is 8.69. The van der Waals surface area contributed by atoms with E-state index in [9.17, 15) is 4.39 Å². The molecule has 0 fully saturated rings. The fraction of sp³-hybridized carbons (Fsp3) is 0.400. The van der Waals surface area contributed by atoms with Crippen molar-refractivity contribution in [3.63, 3.8) is 0 Å². The van der Waals surface area contributed by atoms with Crippen molar-refractivity contribution < 1.29 is 4.39 Å². The fourth-order valence-corrected chi connectivity index (χ4v) is 0.592. The highest BCUT2D eigenvalue weighted by molar-refractivity contribution is 5.15. The Labute approximate surface area is 68.1 Å². The predicted octanol–water partition coefficient (Wildman–Crippen LogP) is 3.77. The van der Waals surface area contributed by atoms with E-state index in [0.717, 1.165) is 12.8 Å². The molecule has 1 heteroatoms. The summed E-state index contributed by atoms with van der Waals surface area (Å²) in [6, 6.07) is 0. The van der Waals surface area contributed by atoms with Gasteiger partial charge in [-0.15, -0.1) is 0 Å². The molecule has 0 aliphatic heterocycles. The van der Waals surface area contributed by atoms with Gasteiger partial charge in [-0.3, -0.25) is 0 Å². The SMILES string of the molecule is C=C(CC)C/C=C\C(C)=C\F. The first-order chi connectivity index (χ1) is 5.20. The lowest BCUT2D eigenvalue weighted by Crippen LogP contribution is -1.73. The molecule has 0 bridgehead atoms. The molecule has 0 aromatic carbocycles. The molecule has 0 nitrogen and oxygen atoms in total. The van der Waals surface area contributed by atoms with Crippen LogP contribution in [-0.4, -0.2) is 0 Å². The van der Waals surface area contributed by atoms with Crippen LogP contribution in [0.25, 0.3) is 0 Å². The van der Waals surface area contributed by atoms with Crippen molar-refractivity contribution in [3.8, 4) is 0 Å². The first-order valence-electron chi connectivity index (χ1n) is 3.80. The molecule has 0 heterocycles. The van der Waals surface area contributed by atoms with Gasteiger partial charge in [0, 0.05) is 0 Å². The highest BCUT2D eigenvalue weighted by Gasteiger charge is 1.85. The van der Waals surface area contributed by atoms with Crippen molar-refractivity contribution in [3.05, 3.63) is 36.2 Å². The van der Waals surface area contributed by atoms with Crippen LogP contribution in [0.5, 0.6) is 0 Å². The van der Waals surface area contributed by atoms with Crippen LogP contribution in [0.15, 0.2) is 36.2 Å². The molecule has 0 N–H and O–H groups in total. The van der Waals surface area contributed by atoms with Gasteiger partial charge in [-0.2, -0.15) is 0 Å². The largest absolute Gasteiger partial charge is 0.215 e. The monoisotopic (exact) mass is 154 g/mol. The average Bonchev–Trinajstić information content (AvgIpc) is 2.04. The third-order valence-corrected chi connectivity index (χ3v) is 1.46. The van der Waals surface area contributed by atoms with E-state index < -0.39 is 0 Å². The molecular formula is C10H15F. The summed E-state index contributed by atoms with van der Waals surface area (Å²) < 4.78 is 11.8. The van der Waals surface area contributed by atoms with E-state index in [1.165, 1.54) is 5.57 Å². The highest BCUT2D eigenvalue weighted by Crippen LogP contribution is 2.05. The van der Waals surface area contributed by atoms with E-state index in [1.54, 1.807) is 13.0 Å². The van der Waals surface area contributed by atoms with Gasteiger partial charge in [0.05, 0.1) is 6.33 Å². The number of rotatable bonds is 4. The standard InChI is InChI=1S/C10H15F/c1-4-9(2)6-5-7-10(3)8-11/h5,7-8H,2,4,6H2,1,3H3/b7-5-,10-8+. The third kappa shape index (κ3) is 5.59. The lowest BCUT2D eigenvalue weighted by atomic mass is 10.1. The normalized spacial score (nSPS) is 12.5. The van der Waals surface area contributed by atoms with Crippen molar-refractivity contribution in [2.24, 2.45) is 0 Å². The molecule has 62 valence electrons. The van der Waals surface area contributed by atoms with E-state index in [-0.39, 0.29) is 0 Å². The van der Waals surface area contributed by atoms with Crippen LogP contribution in [0.1, 0.15) is 26.7 Å².